The molecule has 0 fully saturated rings. The predicted octanol–water partition coefficient (Wildman–Crippen LogP) is 3.90. The lowest BCUT2D eigenvalue weighted by Crippen LogP contribution is -2.27. The first-order chi connectivity index (χ1) is 11.8. The van der Waals surface area contributed by atoms with Gasteiger partial charge in [-0.15, -0.1) is 0 Å². The Morgan fingerprint density at radius 1 is 1.20 bits per heavy atom. The molecule has 1 aromatic heterocycles. The lowest BCUT2D eigenvalue weighted by molar-refractivity contribution is -0.121. The van der Waals surface area contributed by atoms with Crippen LogP contribution in [-0.2, 0) is 11.2 Å². The quantitative estimate of drug-likeness (QED) is 0.623. The van der Waals surface area contributed by atoms with Crippen LogP contribution in [0, 0.1) is 25.5 Å². The Balaban J connectivity index is 1.97. The molecule has 4 nitrogen and oxygen atoms in total. The van der Waals surface area contributed by atoms with E-state index in [9.17, 15) is 13.6 Å². The molecule has 1 N–H and O–H groups in total. The number of amides is 1. The van der Waals surface area contributed by atoms with Gasteiger partial charge in [-0.1, -0.05) is 17.8 Å². The molecule has 1 heterocycles. The first-order valence-electron chi connectivity index (χ1n) is 7.94. The summed E-state index contributed by atoms with van der Waals surface area (Å²) < 4.78 is 26.3. The van der Waals surface area contributed by atoms with E-state index in [1.165, 1.54) is 17.8 Å². The van der Waals surface area contributed by atoms with Crippen LogP contribution in [0.1, 0.15) is 41.9 Å². The minimum atomic E-state index is -0.920. The van der Waals surface area contributed by atoms with Gasteiger partial charge in [0, 0.05) is 17.8 Å². The molecular weight excluding hydrogens is 344 g/mol. The summed E-state index contributed by atoms with van der Waals surface area (Å²) in [5.41, 5.74) is 3.23. The zero-order valence-electron chi connectivity index (χ0n) is 14.7. The van der Waals surface area contributed by atoms with Gasteiger partial charge in [0.1, 0.15) is 0 Å². The van der Waals surface area contributed by atoms with Crippen LogP contribution in [0.4, 0.5) is 8.78 Å². The van der Waals surface area contributed by atoms with Gasteiger partial charge in [0.2, 0.25) is 5.91 Å². The molecular formula is C18H21F2N3OS. The number of benzene rings is 1. The Kier molecular flexibility index (Phi) is 6.47. The smallest absolute Gasteiger partial charge is 0.220 e. The molecule has 0 bridgehead atoms. The minimum absolute atomic E-state index is 0.162. The molecule has 0 radical (unpaired) electrons. The largest absolute Gasteiger partial charge is 0.350 e. The van der Waals surface area contributed by atoms with Gasteiger partial charge in [-0.25, -0.2) is 18.7 Å². The third-order valence-corrected chi connectivity index (χ3v) is 4.55. The highest BCUT2D eigenvalue weighted by Crippen LogP contribution is 2.18. The van der Waals surface area contributed by atoms with Crippen LogP contribution in [0.25, 0.3) is 0 Å². The molecule has 0 spiro atoms. The lowest BCUT2D eigenvalue weighted by atomic mass is 10.1. The minimum Gasteiger partial charge on any atom is -0.350 e. The van der Waals surface area contributed by atoms with E-state index in [2.05, 4.69) is 15.3 Å². The van der Waals surface area contributed by atoms with Crippen molar-refractivity contribution in [2.24, 2.45) is 0 Å². The number of hydrogen-bond donors (Lipinski definition) is 1. The van der Waals surface area contributed by atoms with Crippen molar-refractivity contribution in [3.63, 3.8) is 0 Å². The van der Waals surface area contributed by atoms with Gasteiger partial charge >= 0.3 is 0 Å². The molecule has 134 valence electrons. The maximum atomic E-state index is 13.3. The predicted molar refractivity (Wildman–Crippen MR) is 94.5 cm³/mol. The molecule has 1 aromatic carbocycles. The fourth-order valence-corrected chi connectivity index (χ4v) is 3.04. The Hall–Kier alpha value is -2.02. The average molecular weight is 365 g/mol. The van der Waals surface area contributed by atoms with Gasteiger partial charge in [0.25, 0.3) is 0 Å². The summed E-state index contributed by atoms with van der Waals surface area (Å²) in [6.07, 6.45) is 2.72. The molecule has 0 saturated carbocycles. The van der Waals surface area contributed by atoms with Gasteiger partial charge in [0.05, 0.1) is 6.04 Å². The van der Waals surface area contributed by atoms with E-state index in [0.29, 0.717) is 12.0 Å². The Labute approximate surface area is 150 Å². The van der Waals surface area contributed by atoms with Gasteiger partial charge in [0.15, 0.2) is 16.8 Å². The normalized spacial score (nSPS) is 12.1. The number of carbonyl (C=O) groups is 1. The molecule has 25 heavy (non-hydrogen) atoms. The van der Waals surface area contributed by atoms with E-state index in [1.807, 2.05) is 20.1 Å². The topological polar surface area (TPSA) is 54.9 Å². The number of halogens is 2. The highest BCUT2D eigenvalue weighted by Gasteiger charge is 2.14. The summed E-state index contributed by atoms with van der Waals surface area (Å²) in [5, 5.41) is 3.52. The number of nitrogens with zero attached hydrogens (tertiary/aromatic N) is 2. The van der Waals surface area contributed by atoms with Crippen molar-refractivity contribution < 1.29 is 13.6 Å². The molecule has 2 aromatic rings. The summed E-state index contributed by atoms with van der Waals surface area (Å²) in [6.45, 7) is 5.55. The van der Waals surface area contributed by atoms with Crippen molar-refractivity contribution >= 4 is 17.7 Å². The molecule has 0 aliphatic rings. The number of thioether (sulfide) groups is 1. The molecule has 0 saturated heterocycles. The Bertz CT molecular complexity index is 760. The maximum absolute atomic E-state index is 13.3. The first kappa shape index (κ1) is 19.3. The van der Waals surface area contributed by atoms with E-state index >= 15 is 0 Å². The van der Waals surface area contributed by atoms with E-state index in [-0.39, 0.29) is 12.3 Å². The number of nitrogens with one attached hydrogen (secondary N) is 1. The van der Waals surface area contributed by atoms with Crippen molar-refractivity contribution in [2.75, 3.05) is 6.26 Å². The van der Waals surface area contributed by atoms with Crippen molar-refractivity contribution in [1.82, 2.24) is 15.3 Å². The van der Waals surface area contributed by atoms with Crippen LogP contribution < -0.4 is 5.32 Å². The summed E-state index contributed by atoms with van der Waals surface area (Å²) >= 11 is 1.48. The van der Waals surface area contributed by atoms with Gasteiger partial charge in [-0.2, -0.15) is 0 Å². The van der Waals surface area contributed by atoms with Gasteiger partial charge < -0.3 is 5.32 Å². The summed E-state index contributed by atoms with van der Waals surface area (Å²) in [5.74, 6) is -1.98. The number of hydrogen-bond acceptors (Lipinski definition) is 4. The van der Waals surface area contributed by atoms with Crippen molar-refractivity contribution in [2.45, 2.75) is 44.8 Å². The van der Waals surface area contributed by atoms with E-state index in [4.69, 9.17) is 0 Å². The fourth-order valence-electron chi connectivity index (χ4n) is 2.58. The maximum Gasteiger partial charge on any atom is 0.220 e. The standard InChI is InChI=1S/C18H21F2N3OS/c1-10(13-5-7-15(19)16(20)9-13)21-17(24)8-6-14-11(2)22-18(25-4)23-12(14)3/h5,7,9-10H,6,8H2,1-4H3,(H,21,24)/t10-/m0/s1. The second-order valence-electron chi connectivity index (χ2n) is 5.82. The second kappa shape index (κ2) is 8.38. The Morgan fingerprint density at radius 2 is 1.84 bits per heavy atom. The molecule has 1 atom stereocenters. The zero-order chi connectivity index (χ0) is 18.6. The van der Waals surface area contributed by atoms with Crippen LogP contribution in [-0.4, -0.2) is 22.1 Å². The van der Waals surface area contributed by atoms with Crippen LogP contribution >= 0.6 is 11.8 Å². The number of aryl methyl sites for hydroxylation is 2. The monoisotopic (exact) mass is 365 g/mol. The second-order valence-corrected chi connectivity index (χ2v) is 6.60. The molecule has 2 rings (SSSR count). The van der Waals surface area contributed by atoms with E-state index < -0.39 is 17.7 Å². The van der Waals surface area contributed by atoms with E-state index in [0.717, 1.165) is 34.2 Å². The van der Waals surface area contributed by atoms with Crippen molar-refractivity contribution in [1.29, 1.82) is 0 Å². The number of carbonyl (C=O) groups excluding carboxylic acids is 1. The summed E-state index contributed by atoms with van der Waals surface area (Å²) in [7, 11) is 0. The fraction of sp³-hybridized carbons (Fsp3) is 0.389. The number of aromatic nitrogens is 2. The molecule has 0 aliphatic heterocycles. The highest BCUT2D eigenvalue weighted by molar-refractivity contribution is 7.98. The molecule has 0 aliphatic carbocycles. The third-order valence-electron chi connectivity index (χ3n) is 4.01. The summed E-state index contributed by atoms with van der Waals surface area (Å²) in [4.78, 5) is 21.0. The molecule has 7 heteroatoms. The molecule has 0 unspecified atom stereocenters. The van der Waals surface area contributed by atoms with Crippen molar-refractivity contribution in [3.8, 4) is 0 Å². The number of rotatable bonds is 6. The van der Waals surface area contributed by atoms with Crippen LogP contribution in [0.15, 0.2) is 23.4 Å². The van der Waals surface area contributed by atoms with Crippen molar-refractivity contribution in [3.05, 3.63) is 52.3 Å². The SMILES string of the molecule is CSc1nc(C)c(CCC(=O)N[C@@H](C)c2ccc(F)c(F)c2)c(C)n1. The van der Waals surface area contributed by atoms with E-state index in [1.54, 1.807) is 6.92 Å². The van der Waals surface area contributed by atoms with Gasteiger partial charge in [-0.3, -0.25) is 4.79 Å². The first-order valence-corrected chi connectivity index (χ1v) is 9.16. The molecule has 1 amide bonds. The van der Waals surface area contributed by atoms with Crippen LogP contribution in [0.3, 0.4) is 0 Å². The van der Waals surface area contributed by atoms with Crippen LogP contribution in [0.5, 0.6) is 0 Å². The third kappa shape index (κ3) is 4.98. The average Bonchev–Trinajstić information content (AvgIpc) is 2.56. The van der Waals surface area contributed by atoms with Gasteiger partial charge in [-0.05, 0) is 56.7 Å². The lowest BCUT2D eigenvalue weighted by Gasteiger charge is -2.15. The zero-order valence-corrected chi connectivity index (χ0v) is 15.5. The Morgan fingerprint density at radius 3 is 2.40 bits per heavy atom. The highest BCUT2D eigenvalue weighted by atomic mass is 32.2. The van der Waals surface area contributed by atoms with Crippen LogP contribution in [0.2, 0.25) is 0 Å². The summed E-state index contributed by atoms with van der Waals surface area (Å²) in [6, 6.07) is 3.22.